The fourth-order valence-corrected chi connectivity index (χ4v) is 4.44. The third-order valence-electron chi connectivity index (χ3n) is 5.63. The Kier molecular flexibility index (Phi) is 6.08. The van der Waals surface area contributed by atoms with Crippen LogP contribution in [0.25, 0.3) is 0 Å². The van der Waals surface area contributed by atoms with E-state index in [9.17, 15) is 4.79 Å². The molecule has 1 aliphatic heterocycles. The van der Waals surface area contributed by atoms with Crippen LogP contribution in [0.2, 0.25) is 5.28 Å². The molecule has 1 aromatic heterocycles. The molecule has 7 heteroatoms. The van der Waals surface area contributed by atoms with Crippen LogP contribution in [0.5, 0.6) is 0 Å². The molecule has 28 heavy (non-hydrogen) atoms. The van der Waals surface area contributed by atoms with Crippen molar-refractivity contribution in [1.82, 2.24) is 15.3 Å². The van der Waals surface area contributed by atoms with Crippen LogP contribution in [0.1, 0.15) is 71.6 Å². The largest absolute Gasteiger partial charge is 0.444 e. The Balaban J connectivity index is 1.60. The maximum Gasteiger partial charge on any atom is 0.407 e. The highest BCUT2D eigenvalue weighted by Gasteiger charge is 2.34. The van der Waals surface area contributed by atoms with Gasteiger partial charge in [0, 0.05) is 30.6 Å². The molecule has 1 aromatic rings. The van der Waals surface area contributed by atoms with Crippen LogP contribution in [-0.2, 0) is 16.6 Å². The zero-order valence-corrected chi connectivity index (χ0v) is 18.5. The van der Waals surface area contributed by atoms with E-state index in [1.807, 2.05) is 20.8 Å². The van der Waals surface area contributed by atoms with E-state index >= 15 is 0 Å². The number of halogens is 1. The minimum Gasteiger partial charge on any atom is -0.444 e. The summed E-state index contributed by atoms with van der Waals surface area (Å²) in [6.07, 6.45) is 4.99. The summed E-state index contributed by atoms with van der Waals surface area (Å²) in [6.45, 7) is 12.6. The summed E-state index contributed by atoms with van der Waals surface area (Å²) in [4.78, 5) is 23.3. The Morgan fingerprint density at radius 2 is 2.11 bits per heavy atom. The minimum absolute atomic E-state index is 0.0470. The molecular formula is C21H33ClN4O2. The first-order valence-electron chi connectivity index (χ1n) is 10.3. The molecule has 1 aliphatic carbocycles. The molecule has 1 saturated heterocycles. The summed E-state index contributed by atoms with van der Waals surface area (Å²) in [5, 5.41) is 3.21. The van der Waals surface area contributed by atoms with Crippen molar-refractivity contribution >= 4 is 23.5 Å². The van der Waals surface area contributed by atoms with Crippen molar-refractivity contribution in [3.63, 3.8) is 0 Å². The minimum atomic E-state index is -0.465. The number of rotatable bonds is 4. The van der Waals surface area contributed by atoms with E-state index in [2.05, 4.69) is 34.0 Å². The van der Waals surface area contributed by atoms with Crippen molar-refractivity contribution in [3.8, 4) is 0 Å². The van der Waals surface area contributed by atoms with Crippen molar-refractivity contribution in [1.29, 1.82) is 0 Å². The zero-order valence-electron chi connectivity index (χ0n) is 17.8. The Morgan fingerprint density at radius 1 is 1.36 bits per heavy atom. The van der Waals surface area contributed by atoms with Gasteiger partial charge in [-0.25, -0.2) is 14.8 Å². The van der Waals surface area contributed by atoms with Crippen LogP contribution >= 0.6 is 11.6 Å². The molecule has 0 radical (unpaired) electrons. The van der Waals surface area contributed by atoms with E-state index in [4.69, 9.17) is 16.3 Å². The molecule has 1 N–H and O–H groups in total. The quantitative estimate of drug-likeness (QED) is 0.743. The molecule has 2 heterocycles. The number of carbonyl (C=O) groups excluding carboxylic acids is 1. The molecule has 3 rings (SSSR count). The number of nitrogens with zero attached hydrogens (tertiary/aromatic N) is 3. The van der Waals surface area contributed by atoms with Gasteiger partial charge in [0.15, 0.2) is 0 Å². The number of anilines is 1. The SMILES string of the molecule is CC(C)(C)OC(=O)NCCC1CCN(c2nc(Cl)nc3c2CCCC3(C)C)C1. The Morgan fingerprint density at radius 3 is 2.82 bits per heavy atom. The van der Waals surface area contributed by atoms with Gasteiger partial charge in [0.2, 0.25) is 5.28 Å². The van der Waals surface area contributed by atoms with Crippen LogP contribution in [0.15, 0.2) is 0 Å². The smallest absolute Gasteiger partial charge is 0.407 e. The van der Waals surface area contributed by atoms with E-state index in [0.717, 1.165) is 56.7 Å². The summed E-state index contributed by atoms with van der Waals surface area (Å²) in [6, 6.07) is 0. The second kappa shape index (κ2) is 8.05. The molecule has 156 valence electrons. The van der Waals surface area contributed by atoms with Crippen LogP contribution in [0, 0.1) is 5.92 Å². The lowest BCUT2D eigenvalue weighted by molar-refractivity contribution is 0.0525. The van der Waals surface area contributed by atoms with Crippen LogP contribution in [0.4, 0.5) is 10.6 Å². The number of hydrogen-bond acceptors (Lipinski definition) is 5. The van der Waals surface area contributed by atoms with E-state index < -0.39 is 5.60 Å². The van der Waals surface area contributed by atoms with Gasteiger partial charge >= 0.3 is 6.09 Å². The molecular weight excluding hydrogens is 376 g/mol. The van der Waals surface area contributed by atoms with Gasteiger partial charge in [-0.2, -0.15) is 0 Å². The second-order valence-corrected chi connectivity index (χ2v) is 10.0. The van der Waals surface area contributed by atoms with Crippen molar-refractivity contribution in [2.24, 2.45) is 5.92 Å². The summed E-state index contributed by atoms with van der Waals surface area (Å²) >= 11 is 6.28. The number of aromatic nitrogens is 2. The Hall–Kier alpha value is -1.56. The lowest BCUT2D eigenvalue weighted by Crippen LogP contribution is -2.34. The number of alkyl carbamates (subject to hydrolysis) is 1. The van der Waals surface area contributed by atoms with Crippen molar-refractivity contribution in [2.45, 2.75) is 77.7 Å². The van der Waals surface area contributed by atoms with Crippen molar-refractivity contribution in [3.05, 3.63) is 16.5 Å². The Labute approximate surface area is 173 Å². The maximum absolute atomic E-state index is 11.8. The molecule has 1 amide bonds. The molecule has 0 spiro atoms. The van der Waals surface area contributed by atoms with E-state index in [0.29, 0.717) is 17.7 Å². The van der Waals surface area contributed by atoms with Gasteiger partial charge in [-0.1, -0.05) is 13.8 Å². The molecule has 1 unspecified atom stereocenters. The van der Waals surface area contributed by atoms with Gasteiger partial charge < -0.3 is 15.0 Å². The first-order chi connectivity index (χ1) is 13.0. The summed E-state index contributed by atoms with van der Waals surface area (Å²) in [5.74, 6) is 1.54. The van der Waals surface area contributed by atoms with Gasteiger partial charge in [-0.15, -0.1) is 0 Å². The highest BCUT2D eigenvalue weighted by atomic mass is 35.5. The molecule has 2 aliphatic rings. The average Bonchev–Trinajstić information content (AvgIpc) is 3.02. The Bertz CT molecular complexity index is 730. The monoisotopic (exact) mass is 408 g/mol. The molecule has 6 nitrogen and oxygen atoms in total. The van der Waals surface area contributed by atoms with Crippen LogP contribution in [-0.4, -0.2) is 41.3 Å². The predicted molar refractivity (Wildman–Crippen MR) is 112 cm³/mol. The summed E-state index contributed by atoms with van der Waals surface area (Å²) in [5.41, 5.74) is 1.97. The summed E-state index contributed by atoms with van der Waals surface area (Å²) in [7, 11) is 0. The van der Waals surface area contributed by atoms with Crippen molar-refractivity contribution < 1.29 is 9.53 Å². The third-order valence-corrected chi connectivity index (χ3v) is 5.80. The van der Waals surface area contributed by atoms with E-state index in [1.165, 1.54) is 5.56 Å². The van der Waals surface area contributed by atoms with Gasteiger partial charge in [-0.05, 0) is 70.4 Å². The summed E-state index contributed by atoms with van der Waals surface area (Å²) < 4.78 is 5.30. The van der Waals surface area contributed by atoms with Gasteiger partial charge in [0.1, 0.15) is 11.4 Å². The molecule has 1 fully saturated rings. The number of carbonyl (C=O) groups is 1. The normalized spacial score (nSPS) is 21.4. The molecule has 0 aromatic carbocycles. The van der Waals surface area contributed by atoms with Crippen LogP contribution in [0.3, 0.4) is 0 Å². The number of nitrogens with one attached hydrogen (secondary N) is 1. The number of fused-ring (bicyclic) bond motifs is 1. The van der Waals surface area contributed by atoms with E-state index in [1.54, 1.807) is 0 Å². The number of ether oxygens (including phenoxy) is 1. The predicted octanol–water partition coefficient (Wildman–Crippen LogP) is 4.49. The fraction of sp³-hybridized carbons (Fsp3) is 0.762. The van der Waals surface area contributed by atoms with Crippen LogP contribution < -0.4 is 10.2 Å². The topological polar surface area (TPSA) is 67.3 Å². The number of amides is 1. The first kappa shape index (κ1) is 21.2. The highest BCUT2D eigenvalue weighted by Crippen LogP contribution is 2.40. The zero-order chi connectivity index (χ0) is 20.5. The fourth-order valence-electron chi connectivity index (χ4n) is 4.28. The lowest BCUT2D eigenvalue weighted by atomic mass is 9.76. The third kappa shape index (κ3) is 5.07. The first-order valence-corrected chi connectivity index (χ1v) is 10.7. The van der Waals surface area contributed by atoms with Gasteiger partial charge in [-0.3, -0.25) is 0 Å². The highest BCUT2D eigenvalue weighted by molar-refractivity contribution is 6.28. The van der Waals surface area contributed by atoms with E-state index in [-0.39, 0.29) is 11.5 Å². The van der Waals surface area contributed by atoms with Gasteiger partial charge in [0.25, 0.3) is 0 Å². The second-order valence-electron chi connectivity index (χ2n) is 9.70. The average molecular weight is 409 g/mol. The maximum atomic E-state index is 11.8. The number of hydrogen-bond donors (Lipinski definition) is 1. The lowest BCUT2D eigenvalue weighted by Gasteiger charge is -2.33. The molecule has 0 bridgehead atoms. The van der Waals surface area contributed by atoms with Gasteiger partial charge in [0.05, 0.1) is 5.69 Å². The van der Waals surface area contributed by atoms with Crippen molar-refractivity contribution in [2.75, 3.05) is 24.5 Å². The molecule has 1 atom stereocenters. The standard InChI is InChI=1S/C21H33ClN4O2/c1-20(2,3)28-19(27)23-11-8-14-9-12-26(13-14)17-15-7-6-10-21(4,5)16(15)24-18(22)25-17/h14H,6-13H2,1-5H3,(H,23,27). The molecule has 0 saturated carbocycles.